The Morgan fingerprint density at radius 3 is 2.67 bits per heavy atom. The van der Waals surface area contributed by atoms with Gasteiger partial charge in [-0.2, -0.15) is 5.26 Å². The monoisotopic (exact) mass is 276 g/mol. The summed E-state index contributed by atoms with van der Waals surface area (Å²) in [5, 5.41) is 18.1. The van der Waals surface area contributed by atoms with E-state index < -0.39 is 18.7 Å². The summed E-state index contributed by atoms with van der Waals surface area (Å²) < 4.78 is 24.9. The van der Waals surface area contributed by atoms with Crippen molar-refractivity contribution < 1.29 is 13.9 Å². The van der Waals surface area contributed by atoms with Gasteiger partial charge in [-0.25, -0.2) is 8.78 Å². The third-order valence-corrected chi connectivity index (χ3v) is 2.52. The highest BCUT2D eigenvalue weighted by atomic mass is 79.9. The summed E-state index contributed by atoms with van der Waals surface area (Å²) in [6, 6.07) is 1.80. The SMILES string of the molecule is N#Cc1c(CBr)cnc(C(F)F)c1CO. The average Bonchev–Trinajstić information content (AvgIpc) is 2.26. The van der Waals surface area contributed by atoms with Crippen molar-refractivity contribution in [1.82, 2.24) is 4.98 Å². The number of nitrogens with zero attached hydrogens (tertiary/aromatic N) is 2. The van der Waals surface area contributed by atoms with Crippen molar-refractivity contribution in [2.75, 3.05) is 0 Å². The zero-order valence-electron chi connectivity index (χ0n) is 7.54. The fraction of sp³-hybridized carbons (Fsp3) is 0.333. The fourth-order valence-electron chi connectivity index (χ4n) is 1.20. The molecule has 0 saturated carbocycles. The second kappa shape index (κ2) is 5.14. The first-order valence-electron chi connectivity index (χ1n) is 4.01. The van der Waals surface area contributed by atoms with E-state index >= 15 is 0 Å². The molecule has 15 heavy (non-hydrogen) atoms. The van der Waals surface area contributed by atoms with E-state index in [2.05, 4.69) is 20.9 Å². The molecule has 1 aromatic heterocycles. The first-order valence-corrected chi connectivity index (χ1v) is 5.13. The highest BCUT2D eigenvalue weighted by Crippen LogP contribution is 2.26. The molecule has 1 rings (SSSR count). The van der Waals surface area contributed by atoms with Crippen molar-refractivity contribution >= 4 is 15.9 Å². The third-order valence-electron chi connectivity index (χ3n) is 1.91. The van der Waals surface area contributed by atoms with Gasteiger partial charge in [0.05, 0.1) is 18.2 Å². The van der Waals surface area contributed by atoms with E-state index in [1.165, 1.54) is 6.20 Å². The van der Waals surface area contributed by atoms with Gasteiger partial charge in [-0.05, 0) is 5.56 Å². The van der Waals surface area contributed by atoms with Crippen LogP contribution in [0, 0.1) is 11.3 Å². The van der Waals surface area contributed by atoms with Gasteiger partial charge in [0, 0.05) is 17.1 Å². The molecule has 80 valence electrons. The molecule has 0 unspecified atom stereocenters. The largest absolute Gasteiger partial charge is 0.392 e. The van der Waals surface area contributed by atoms with E-state index in [1.807, 2.05) is 0 Å². The number of pyridine rings is 1. The molecule has 3 nitrogen and oxygen atoms in total. The van der Waals surface area contributed by atoms with Crippen molar-refractivity contribution in [2.24, 2.45) is 0 Å². The second-order valence-corrected chi connectivity index (χ2v) is 3.29. The van der Waals surface area contributed by atoms with Crippen LogP contribution in [0.25, 0.3) is 0 Å². The summed E-state index contributed by atoms with van der Waals surface area (Å²) in [6.45, 7) is -0.615. The van der Waals surface area contributed by atoms with Crippen LogP contribution in [0.4, 0.5) is 8.78 Å². The smallest absolute Gasteiger partial charge is 0.280 e. The number of rotatable bonds is 3. The van der Waals surface area contributed by atoms with Crippen molar-refractivity contribution in [3.05, 3.63) is 28.6 Å². The van der Waals surface area contributed by atoms with Crippen LogP contribution in [0.15, 0.2) is 6.20 Å². The Morgan fingerprint density at radius 2 is 2.27 bits per heavy atom. The standard InChI is InChI=1S/C9H7BrF2N2O/c10-1-5-3-14-8(9(11)12)7(4-15)6(5)2-13/h3,9,15H,1,4H2. The van der Waals surface area contributed by atoms with Gasteiger partial charge in [-0.1, -0.05) is 15.9 Å². The molecule has 0 atom stereocenters. The lowest BCUT2D eigenvalue weighted by atomic mass is 10.0. The summed E-state index contributed by atoms with van der Waals surface area (Å²) >= 11 is 3.11. The first kappa shape index (κ1) is 12.0. The van der Waals surface area contributed by atoms with Gasteiger partial charge in [0.2, 0.25) is 0 Å². The van der Waals surface area contributed by atoms with Crippen LogP contribution >= 0.6 is 15.9 Å². The van der Waals surface area contributed by atoms with Gasteiger partial charge in [-0.3, -0.25) is 4.98 Å². The van der Waals surface area contributed by atoms with Crippen LogP contribution in [-0.2, 0) is 11.9 Å². The molecule has 0 fully saturated rings. The van der Waals surface area contributed by atoms with Crippen LogP contribution in [0.2, 0.25) is 0 Å². The highest BCUT2D eigenvalue weighted by molar-refractivity contribution is 9.08. The quantitative estimate of drug-likeness (QED) is 0.862. The maximum Gasteiger partial charge on any atom is 0.280 e. The number of alkyl halides is 3. The normalized spacial score (nSPS) is 10.4. The fourth-order valence-corrected chi connectivity index (χ4v) is 1.63. The number of aromatic nitrogens is 1. The number of nitriles is 1. The molecule has 0 aliphatic rings. The molecule has 0 aliphatic carbocycles. The summed E-state index contributed by atoms with van der Waals surface area (Å²) in [5.41, 5.74) is -0.0613. The Morgan fingerprint density at radius 1 is 1.60 bits per heavy atom. The van der Waals surface area contributed by atoms with Gasteiger partial charge >= 0.3 is 0 Å². The van der Waals surface area contributed by atoms with Crippen molar-refractivity contribution in [3.63, 3.8) is 0 Å². The Hall–Kier alpha value is -1.06. The van der Waals surface area contributed by atoms with Crippen LogP contribution in [0.5, 0.6) is 0 Å². The summed E-state index contributed by atoms with van der Waals surface area (Å²) in [5.74, 6) is 0. The maximum absolute atomic E-state index is 12.5. The van der Waals surface area contributed by atoms with Crippen LogP contribution < -0.4 is 0 Å². The maximum atomic E-state index is 12.5. The molecular weight excluding hydrogens is 270 g/mol. The molecular formula is C9H7BrF2N2O. The van der Waals surface area contributed by atoms with E-state index in [4.69, 9.17) is 10.4 Å². The van der Waals surface area contributed by atoms with Crippen molar-refractivity contribution in [3.8, 4) is 6.07 Å². The predicted molar refractivity (Wildman–Crippen MR) is 52.5 cm³/mol. The van der Waals surface area contributed by atoms with Crippen LogP contribution in [0.3, 0.4) is 0 Å². The van der Waals surface area contributed by atoms with Gasteiger partial charge in [0.15, 0.2) is 0 Å². The third kappa shape index (κ3) is 2.30. The van der Waals surface area contributed by atoms with Crippen molar-refractivity contribution in [1.29, 1.82) is 5.26 Å². The van der Waals surface area contributed by atoms with Gasteiger partial charge < -0.3 is 5.11 Å². The molecule has 0 radical (unpaired) electrons. The molecule has 6 heteroatoms. The topological polar surface area (TPSA) is 56.9 Å². The lowest BCUT2D eigenvalue weighted by Gasteiger charge is -2.09. The molecule has 1 heterocycles. The van der Waals surface area contributed by atoms with E-state index in [0.717, 1.165) is 0 Å². The van der Waals surface area contributed by atoms with E-state index in [9.17, 15) is 8.78 Å². The first-order chi connectivity index (χ1) is 7.15. The van der Waals surface area contributed by atoms with E-state index in [1.54, 1.807) is 6.07 Å². The minimum absolute atomic E-state index is 0.0691. The van der Waals surface area contributed by atoms with E-state index in [0.29, 0.717) is 10.9 Å². The average molecular weight is 277 g/mol. The summed E-state index contributed by atoms with van der Waals surface area (Å²) in [7, 11) is 0. The Labute approximate surface area is 93.5 Å². The molecule has 1 aromatic rings. The Bertz CT molecular complexity index is 404. The lowest BCUT2D eigenvalue weighted by Crippen LogP contribution is -2.04. The number of aliphatic hydroxyl groups excluding tert-OH is 1. The summed E-state index contributed by atoms with van der Waals surface area (Å²) in [4.78, 5) is 3.54. The van der Waals surface area contributed by atoms with Gasteiger partial charge in [-0.15, -0.1) is 0 Å². The molecule has 0 amide bonds. The summed E-state index contributed by atoms with van der Waals surface area (Å²) in [6.07, 6.45) is -1.57. The predicted octanol–water partition coefficient (Wildman–Crippen LogP) is 2.28. The Balaban J connectivity index is 3.43. The number of hydrogen-bond acceptors (Lipinski definition) is 3. The number of hydrogen-bond donors (Lipinski definition) is 1. The molecule has 0 aromatic carbocycles. The van der Waals surface area contributed by atoms with Crippen LogP contribution in [0.1, 0.15) is 28.8 Å². The Kier molecular flexibility index (Phi) is 4.12. The van der Waals surface area contributed by atoms with Crippen LogP contribution in [-0.4, -0.2) is 10.1 Å². The number of halogens is 3. The van der Waals surface area contributed by atoms with Crippen molar-refractivity contribution in [2.45, 2.75) is 18.4 Å². The minimum Gasteiger partial charge on any atom is -0.392 e. The minimum atomic E-state index is -2.79. The zero-order chi connectivity index (χ0) is 11.4. The molecule has 0 saturated heterocycles. The number of aliphatic hydroxyl groups is 1. The van der Waals surface area contributed by atoms with E-state index in [-0.39, 0.29) is 11.1 Å². The molecule has 0 aliphatic heterocycles. The van der Waals surface area contributed by atoms with Gasteiger partial charge in [0.25, 0.3) is 6.43 Å². The highest BCUT2D eigenvalue weighted by Gasteiger charge is 2.19. The second-order valence-electron chi connectivity index (χ2n) is 2.73. The van der Waals surface area contributed by atoms with Gasteiger partial charge in [0.1, 0.15) is 5.69 Å². The molecule has 0 bridgehead atoms. The lowest BCUT2D eigenvalue weighted by molar-refractivity contribution is 0.141. The molecule has 0 spiro atoms. The zero-order valence-corrected chi connectivity index (χ0v) is 9.13. The molecule has 1 N–H and O–H groups in total.